The van der Waals surface area contributed by atoms with Gasteiger partial charge in [-0.1, -0.05) is 23.7 Å². The Bertz CT molecular complexity index is 1490. The quantitative estimate of drug-likeness (QED) is 0.400. The molecule has 1 aromatic carbocycles. The molecular weight excluding hydrogens is 554 g/mol. The van der Waals surface area contributed by atoms with E-state index in [4.69, 9.17) is 26.1 Å². The first kappa shape index (κ1) is 29.8. The molecule has 2 unspecified atom stereocenters. The van der Waals surface area contributed by atoms with Gasteiger partial charge < -0.3 is 24.3 Å². The van der Waals surface area contributed by atoms with Crippen LogP contribution in [0.3, 0.4) is 0 Å². The van der Waals surface area contributed by atoms with Crippen LogP contribution < -0.4 is 5.32 Å². The van der Waals surface area contributed by atoms with E-state index in [1.165, 1.54) is 7.11 Å². The minimum absolute atomic E-state index is 0.0372. The number of ether oxygens (including phenoxy) is 2. The molecule has 0 bridgehead atoms. The van der Waals surface area contributed by atoms with Gasteiger partial charge in [-0.05, 0) is 86.1 Å². The Balaban J connectivity index is 1.58. The van der Waals surface area contributed by atoms with Crippen LogP contribution >= 0.6 is 11.6 Å². The number of rotatable bonds is 6. The van der Waals surface area contributed by atoms with Gasteiger partial charge in [-0.2, -0.15) is 0 Å². The van der Waals surface area contributed by atoms with Gasteiger partial charge in [-0.3, -0.25) is 9.78 Å². The predicted octanol–water partition coefficient (Wildman–Crippen LogP) is 5.61. The van der Waals surface area contributed by atoms with Crippen molar-refractivity contribution in [1.29, 1.82) is 0 Å². The molecule has 3 heterocycles. The van der Waals surface area contributed by atoms with Crippen molar-refractivity contribution >= 4 is 35.3 Å². The number of hydrogen-bond donors (Lipinski definition) is 1. The van der Waals surface area contributed by atoms with Crippen molar-refractivity contribution in [3.8, 4) is 0 Å². The van der Waals surface area contributed by atoms with Crippen LogP contribution in [0.4, 0.5) is 4.79 Å². The van der Waals surface area contributed by atoms with E-state index in [1.807, 2.05) is 56.8 Å². The van der Waals surface area contributed by atoms with Crippen molar-refractivity contribution in [3.05, 3.63) is 82.2 Å². The standard InChI is InChI=1S/C32H38ClN5O4/c1-32(2,3)42-31(40)38-13-10-20(11-14-38)28-23-9-8-22(33)16-24(23)25(15-21-7-6-12-35-29(21)28)30(36-27(39)18-41-5)26-17-34-19-37(26)4/h6-9,12,15-17,19-20,28,30H,10-11,13-14,18H2,1-5H3,(H,36,39). The Kier molecular flexibility index (Phi) is 8.70. The molecule has 1 N–H and O–H groups in total. The molecule has 9 nitrogen and oxygen atoms in total. The molecule has 5 rings (SSSR count). The number of pyridine rings is 1. The van der Waals surface area contributed by atoms with Crippen LogP contribution in [-0.2, 0) is 21.3 Å². The molecule has 2 amide bonds. The van der Waals surface area contributed by atoms with Gasteiger partial charge in [0.15, 0.2) is 0 Å². The molecule has 42 heavy (non-hydrogen) atoms. The lowest BCUT2D eigenvalue weighted by atomic mass is 9.75. The number of nitrogens with one attached hydrogen (secondary N) is 1. The Morgan fingerprint density at radius 3 is 2.62 bits per heavy atom. The van der Waals surface area contributed by atoms with Crippen LogP contribution in [0.1, 0.15) is 73.7 Å². The fourth-order valence-electron chi connectivity index (χ4n) is 6.00. The fourth-order valence-corrected chi connectivity index (χ4v) is 6.17. The zero-order valence-electron chi connectivity index (χ0n) is 24.8. The van der Waals surface area contributed by atoms with E-state index in [0.29, 0.717) is 18.1 Å². The Morgan fingerprint density at radius 1 is 1.19 bits per heavy atom. The highest BCUT2D eigenvalue weighted by Crippen LogP contribution is 2.47. The maximum atomic E-state index is 12.9. The monoisotopic (exact) mass is 591 g/mol. The smallest absolute Gasteiger partial charge is 0.410 e. The molecule has 2 aromatic heterocycles. The van der Waals surface area contributed by atoms with E-state index < -0.39 is 11.6 Å². The number of carbonyl (C=O) groups is 2. The number of likely N-dealkylation sites (tertiary alicyclic amines) is 1. The summed E-state index contributed by atoms with van der Waals surface area (Å²) in [5.41, 5.74) is 5.17. The number of carbonyl (C=O) groups excluding carboxylic acids is 2. The van der Waals surface area contributed by atoms with Crippen molar-refractivity contribution in [3.63, 3.8) is 0 Å². The summed E-state index contributed by atoms with van der Waals surface area (Å²) in [6.07, 6.45) is 8.74. The number of fused-ring (bicyclic) bond motifs is 2. The number of benzene rings is 1. The first-order valence-electron chi connectivity index (χ1n) is 14.2. The molecule has 10 heteroatoms. The minimum atomic E-state index is -0.540. The van der Waals surface area contributed by atoms with Gasteiger partial charge in [0.2, 0.25) is 5.91 Å². The zero-order valence-corrected chi connectivity index (χ0v) is 25.5. The number of aryl methyl sites for hydroxylation is 1. The molecule has 2 aliphatic rings. The van der Waals surface area contributed by atoms with Crippen molar-refractivity contribution in [2.24, 2.45) is 13.0 Å². The largest absolute Gasteiger partial charge is 0.444 e. The highest BCUT2D eigenvalue weighted by molar-refractivity contribution is 6.30. The second-order valence-corrected chi connectivity index (χ2v) is 12.4. The molecule has 1 aliphatic heterocycles. The number of aromatic nitrogens is 3. The second kappa shape index (κ2) is 12.3. The Hall–Kier alpha value is -3.69. The molecule has 3 aromatic rings. The average Bonchev–Trinajstić information content (AvgIpc) is 3.31. The van der Waals surface area contributed by atoms with Gasteiger partial charge in [0.1, 0.15) is 12.2 Å². The van der Waals surface area contributed by atoms with E-state index in [2.05, 4.69) is 28.5 Å². The lowest BCUT2D eigenvalue weighted by molar-refractivity contribution is -0.125. The average molecular weight is 592 g/mol. The summed E-state index contributed by atoms with van der Waals surface area (Å²) in [4.78, 5) is 36.8. The van der Waals surface area contributed by atoms with Gasteiger partial charge in [0.05, 0.1) is 30.0 Å². The molecule has 0 saturated carbocycles. The molecule has 1 fully saturated rings. The number of amides is 2. The van der Waals surface area contributed by atoms with Crippen LogP contribution in [0, 0.1) is 5.92 Å². The summed E-state index contributed by atoms with van der Waals surface area (Å²) in [6.45, 7) is 6.79. The number of halogens is 1. The highest BCUT2D eigenvalue weighted by Gasteiger charge is 2.37. The molecular formula is C32H38ClN5O4. The maximum absolute atomic E-state index is 12.9. The second-order valence-electron chi connectivity index (χ2n) is 12.0. The van der Waals surface area contributed by atoms with Gasteiger partial charge >= 0.3 is 6.09 Å². The van der Waals surface area contributed by atoms with E-state index in [-0.39, 0.29) is 30.4 Å². The normalized spacial score (nSPS) is 17.9. The van der Waals surface area contributed by atoms with Gasteiger partial charge in [0, 0.05) is 44.4 Å². The summed E-state index contributed by atoms with van der Waals surface area (Å²) in [6, 6.07) is 9.45. The number of nitrogens with zero attached hydrogens (tertiary/aromatic N) is 4. The van der Waals surface area contributed by atoms with Crippen LogP contribution in [0.15, 0.2) is 49.1 Å². The van der Waals surface area contributed by atoms with Crippen molar-refractivity contribution in [2.75, 3.05) is 26.8 Å². The molecule has 222 valence electrons. The minimum Gasteiger partial charge on any atom is -0.444 e. The highest BCUT2D eigenvalue weighted by atomic mass is 35.5. The molecule has 1 saturated heterocycles. The third-order valence-corrected chi connectivity index (χ3v) is 8.08. The molecule has 0 spiro atoms. The van der Waals surface area contributed by atoms with Crippen LogP contribution in [0.5, 0.6) is 0 Å². The number of piperidine rings is 1. The van der Waals surface area contributed by atoms with Crippen molar-refractivity contribution < 1.29 is 19.1 Å². The lowest BCUT2D eigenvalue weighted by Crippen LogP contribution is -2.42. The first-order valence-corrected chi connectivity index (χ1v) is 14.6. The Labute approximate surface area is 251 Å². The summed E-state index contributed by atoms with van der Waals surface area (Å²) in [5.74, 6) is -0.0528. The van der Waals surface area contributed by atoms with Crippen LogP contribution in [0.2, 0.25) is 5.02 Å². The topological polar surface area (TPSA) is 98.6 Å². The SMILES string of the molecule is COCC(=O)NC(C1=Cc2cccnc2C(C2CCN(C(=O)OC(C)(C)C)CC2)c2ccc(Cl)cc21)c1cncn1C. The predicted molar refractivity (Wildman–Crippen MR) is 162 cm³/mol. The van der Waals surface area contributed by atoms with Crippen LogP contribution in [0.25, 0.3) is 11.6 Å². The molecule has 2 atom stereocenters. The maximum Gasteiger partial charge on any atom is 0.410 e. The van der Waals surface area contributed by atoms with E-state index in [0.717, 1.165) is 46.5 Å². The Morgan fingerprint density at radius 2 is 1.95 bits per heavy atom. The fraction of sp³-hybridized carbons (Fsp3) is 0.438. The molecule has 0 radical (unpaired) electrons. The summed E-state index contributed by atoms with van der Waals surface area (Å²) >= 11 is 6.64. The van der Waals surface area contributed by atoms with E-state index >= 15 is 0 Å². The summed E-state index contributed by atoms with van der Waals surface area (Å²) < 4.78 is 12.7. The van der Waals surface area contributed by atoms with Gasteiger partial charge in [-0.25, -0.2) is 9.78 Å². The zero-order chi connectivity index (χ0) is 30.0. The number of imidazole rings is 1. The number of methoxy groups -OCH3 is 1. The summed E-state index contributed by atoms with van der Waals surface area (Å²) in [5, 5.41) is 3.77. The number of hydrogen-bond acceptors (Lipinski definition) is 6. The van der Waals surface area contributed by atoms with Gasteiger partial charge in [0.25, 0.3) is 0 Å². The van der Waals surface area contributed by atoms with Crippen molar-refractivity contribution in [2.45, 2.75) is 51.2 Å². The van der Waals surface area contributed by atoms with Crippen molar-refractivity contribution in [1.82, 2.24) is 24.8 Å². The first-order chi connectivity index (χ1) is 20.1. The van der Waals surface area contributed by atoms with Crippen LogP contribution in [-0.4, -0.2) is 63.8 Å². The van der Waals surface area contributed by atoms with E-state index in [1.54, 1.807) is 17.4 Å². The van der Waals surface area contributed by atoms with Gasteiger partial charge in [-0.15, -0.1) is 0 Å². The summed E-state index contributed by atoms with van der Waals surface area (Å²) in [7, 11) is 3.41. The third-order valence-electron chi connectivity index (χ3n) is 7.84. The molecule has 1 aliphatic carbocycles. The third kappa shape index (κ3) is 6.37. The van der Waals surface area contributed by atoms with E-state index in [9.17, 15) is 9.59 Å². The lowest BCUT2D eigenvalue weighted by Gasteiger charge is -2.37.